The maximum absolute atomic E-state index is 13.7. The summed E-state index contributed by atoms with van der Waals surface area (Å²) in [6, 6.07) is 7.20. The molecule has 1 N–H and O–H groups in total. The fourth-order valence-corrected chi connectivity index (χ4v) is 3.70. The summed E-state index contributed by atoms with van der Waals surface area (Å²) >= 11 is 0. The lowest BCUT2D eigenvalue weighted by molar-refractivity contribution is 0.0845. The van der Waals surface area contributed by atoms with Crippen LogP contribution in [0.15, 0.2) is 41.3 Å². The van der Waals surface area contributed by atoms with Crippen LogP contribution in [0.2, 0.25) is 0 Å². The monoisotopic (exact) mass is 353 g/mol. The van der Waals surface area contributed by atoms with Crippen LogP contribution >= 0.6 is 0 Å². The number of aryl methyl sites for hydroxylation is 1. The van der Waals surface area contributed by atoms with Crippen LogP contribution < -0.4 is 9.46 Å². The molecule has 0 fully saturated rings. The molecular weight excluding hydrogens is 336 g/mol. The highest BCUT2D eigenvalue weighted by molar-refractivity contribution is 7.92. The highest BCUT2D eigenvalue weighted by Crippen LogP contribution is 2.34. The van der Waals surface area contributed by atoms with Gasteiger partial charge in [-0.2, -0.15) is 0 Å². The number of anilines is 1. The quantitative estimate of drug-likeness (QED) is 0.911. The van der Waals surface area contributed by atoms with Crippen LogP contribution in [0.3, 0.4) is 0 Å². The Morgan fingerprint density at radius 3 is 2.58 bits per heavy atom. The van der Waals surface area contributed by atoms with Crippen molar-refractivity contribution >= 4 is 15.7 Å². The smallest absolute Gasteiger partial charge is 0.262 e. The van der Waals surface area contributed by atoms with Gasteiger partial charge >= 0.3 is 0 Å². The molecule has 3 rings (SSSR count). The molecule has 0 saturated heterocycles. The van der Waals surface area contributed by atoms with E-state index in [0.717, 1.165) is 24.1 Å². The van der Waals surface area contributed by atoms with Crippen molar-refractivity contribution in [1.29, 1.82) is 0 Å². The first-order valence-corrected chi connectivity index (χ1v) is 8.94. The average Bonchev–Trinajstić information content (AvgIpc) is 2.48. The Kier molecular flexibility index (Phi) is 3.99. The molecule has 0 atom stereocenters. The summed E-state index contributed by atoms with van der Waals surface area (Å²) in [6.07, 6.45) is 1.46. The second-order valence-electron chi connectivity index (χ2n) is 6.36. The van der Waals surface area contributed by atoms with Gasteiger partial charge in [-0.1, -0.05) is 0 Å². The van der Waals surface area contributed by atoms with Gasteiger partial charge in [-0.15, -0.1) is 0 Å². The second-order valence-corrected chi connectivity index (χ2v) is 8.04. The SMILES string of the molecule is CC1(C)CCc2cc(S(=O)(=O)Nc3ccc(F)cc3F)ccc2O1. The van der Waals surface area contributed by atoms with Crippen LogP contribution in [0.1, 0.15) is 25.8 Å². The molecule has 0 amide bonds. The molecule has 0 bridgehead atoms. The van der Waals surface area contributed by atoms with Crippen molar-refractivity contribution in [2.45, 2.75) is 37.2 Å². The number of halogens is 2. The number of hydrogen-bond donors (Lipinski definition) is 1. The van der Waals surface area contributed by atoms with Crippen molar-refractivity contribution in [2.24, 2.45) is 0 Å². The van der Waals surface area contributed by atoms with Gasteiger partial charge in [-0.25, -0.2) is 17.2 Å². The molecule has 0 unspecified atom stereocenters. The Balaban J connectivity index is 1.90. The topological polar surface area (TPSA) is 55.4 Å². The van der Waals surface area contributed by atoms with E-state index in [0.29, 0.717) is 18.2 Å². The van der Waals surface area contributed by atoms with Gasteiger partial charge in [0.25, 0.3) is 10.0 Å². The lowest BCUT2D eigenvalue weighted by Gasteiger charge is -2.32. The number of sulfonamides is 1. The zero-order valence-electron chi connectivity index (χ0n) is 13.3. The van der Waals surface area contributed by atoms with Gasteiger partial charge in [0.05, 0.1) is 10.6 Å². The van der Waals surface area contributed by atoms with Crippen molar-refractivity contribution in [1.82, 2.24) is 0 Å². The largest absolute Gasteiger partial charge is 0.488 e. The Labute approximate surface area is 139 Å². The standard InChI is InChI=1S/C17H17F2NO3S/c1-17(2)8-7-11-9-13(4-6-16(11)23-17)24(21,22)20-15-5-3-12(18)10-14(15)19/h3-6,9-10,20H,7-8H2,1-2H3. The molecule has 2 aromatic carbocycles. The first kappa shape index (κ1) is 16.7. The summed E-state index contributed by atoms with van der Waals surface area (Å²) in [5.41, 5.74) is 0.200. The number of rotatable bonds is 3. The van der Waals surface area contributed by atoms with Crippen LogP contribution in [0.4, 0.5) is 14.5 Å². The van der Waals surface area contributed by atoms with Crippen molar-refractivity contribution in [3.05, 3.63) is 53.6 Å². The van der Waals surface area contributed by atoms with Crippen LogP contribution in [0, 0.1) is 11.6 Å². The summed E-state index contributed by atoms with van der Waals surface area (Å²) < 4.78 is 59.4. The molecule has 2 aromatic rings. The molecule has 0 saturated carbocycles. The molecule has 1 aliphatic heterocycles. The average molecular weight is 353 g/mol. The van der Waals surface area contributed by atoms with Crippen molar-refractivity contribution in [3.8, 4) is 5.75 Å². The lowest BCUT2D eigenvalue weighted by Crippen LogP contribution is -2.32. The normalized spacial score (nSPS) is 16.2. The van der Waals surface area contributed by atoms with Crippen LogP contribution in [0.5, 0.6) is 5.75 Å². The molecule has 1 aliphatic rings. The van der Waals surface area contributed by atoms with Gasteiger partial charge in [0.1, 0.15) is 23.0 Å². The maximum Gasteiger partial charge on any atom is 0.262 e. The van der Waals surface area contributed by atoms with E-state index in [-0.39, 0.29) is 16.2 Å². The molecule has 0 radical (unpaired) electrons. The highest BCUT2D eigenvalue weighted by Gasteiger charge is 2.28. The van der Waals surface area contributed by atoms with Crippen molar-refractivity contribution in [3.63, 3.8) is 0 Å². The zero-order valence-corrected chi connectivity index (χ0v) is 14.1. The van der Waals surface area contributed by atoms with Gasteiger partial charge in [-0.3, -0.25) is 4.72 Å². The Bertz CT molecular complexity index is 895. The zero-order chi connectivity index (χ0) is 17.5. The van der Waals surface area contributed by atoms with E-state index in [4.69, 9.17) is 4.74 Å². The molecule has 0 aliphatic carbocycles. The van der Waals surface area contributed by atoms with E-state index >= 15 is 0 Å². The van der Waals surface area contributed by atoms with E-state index < -0.39 is 21.7 Å². The fourth-order valence-electron chi connectivity index (χ4n) is 2.58. The minimum absolute atomic E-state index is 0.00767. The van der Waals surface area contributed by atoms with Crippen molar-refractivity contribution in [2.75, 3.05) is 4.72 Å². The maximum atomic E-state index is 13.7. The van der Waals surface area contributed by atoms with Crippen LogP contribution in [-0.4, -0.2) is 14.0 Å². The summed E-state index contributed by atoms with van der Waals surface area (Å²) in [6.45, 7) is 3.94. The summed E-state index contributed by atoms with van der Waals surface area (Å²) in [5, 5.41) is 0. The Morgan fingerprint density at radius 1 is 1.12 bits per heavy atom. The third kappa shape index (κ3) is 3.36. The van der Waals surface area contributed by atoms with Gasteiger partial charge in [0.15, 0.2) is 0 Å². The molecule has 1 heterocycles. The number of benzene rings is 2. The number of fused-ring (bicyclic) bond motifs is 1. The van der Waals surface area contributed by atoms with Gasteiger partial charge in [0.2, 0.25) is 0 Å². The molecule has 0 spiro atoms. The predicted octanol–water partition coefficient (Wildman–Crippen LogP) is 3.87. The van der Waals surface area contributed by atoms with E-state index in [9.17, 15) is 17.2 Å². The molecule has 7 heteroatoms. The van der Waals surface area contributed by atoms with Crippen LogP contribution in [-0.2, 0) is 16.4 Å². The van der Waals surface area contributed by atoms with E-state index in [2.05, 4.69) is 4.72 Å². The summed E-state index contributed by atoms with van der Waals surface area (Å²) in [7, 11) is -3.98. The minimum Gasteiger partial charge on any atom is -0.488 e. The predicted molar refractivity (Wildman–Crippen MR) is 86.6 cm³/mol. The number of ether oxygens (including phenoxy) is 1. The number of nitrogens with one attached hydrogen (secondary N) is 1. The van der Waals surface area contributed by atoms with Gasteiger partial charge < -0.3 is 4.74 Å². The molecule has 128 valence electrons. The van der Waals surface area contributed by atoms with Crippen LogP contribution in [0.25, 0.3) is 0 Å². The second kappa shape index (κ2) is 5.73. The summed E-state index contributed by atoms with van der Waals surface area (Å²) in [5.74, 6) is -1.09. The minimum atomic E-state index is -3.98. The third-order valence-corrected chi connectivity index (χ3v) is 5.26. The first-order chi connectivity index (χ1) is 11.2. The van der Waals surface area contributed by atoms with E-state index in [1.165, 1.54) is 12.1 Å². The molecule has 4 nitrogen and oxygen atoms in total. The number of hydrogen-bond acceptors (Lipinski definition) is 3. The van der Waals surface area contributed by atoms with Gasteiger partial charge in [0, 0.05) is 6.07 Å². The Morgan fingerprint density at radius 2 is 1.88 bits per heavy atom. The molecular formula is C17H17F2NO3S. The fraction of sp³-hybridized carbons (Fsp3) is 0.294. The third-order valence-electron chi connectivity index (χ3n) is 3.90. The van der Waals surface area contributed by atoms with E-state index in [1.807, 2.05) is 13.8 Å². The Hall–Kier alpha value is -2.15. The highest BCUT2D eigenvalue weighted by atomic mass is 32.2. The van der Waals surface area contributed by atoms with E-state index in [1.54, 1.807) is 6.07 Å². The van der Waals surface area contributed by atoms with Crippen molar-refractivity contribution < 1.29 is 21.9 Å². The van der Waals surface area contributed by atoms with Gasteiger partial charge in [-0.05, 0) is 62.6 Å². The molecule has 0 aromatic heterocycles. The summed E-state index contributed by atoms with van der Waals surface area (Å²) in [4.78, 5) is 0.00767. The molecule has 24 heavy (non-hydrogen) atoms. The first-order valence-electron chi connectivity index (χ1n) is 7.46. The lowest BCUT2D eigenvalue weighted by atomic mass is 9.94.